The molecule has 2 rings (SSSR count). The topological polar surface area (TPSA) is 64.3 Å². The number of hydrogen-bond acceptors (Lipinski definition) is 3. The second-order valence-corrected chi connectivity index (χ2v) is 6.38. The highest BCUT2D eigenvalue weighted by Gasteiger charge is 2.50. The van der Waals surface area contributed by atoms with Crippen LogP contribution in [0.15, 0.2) is 30.3 Å². The molecule has 0 aliphatic heterocycles. The zero-order valence-corrected chi connectivity index (χ0v) is 13.9. The summed E-state index contributed by atoms with van der Waals surface area (Å²) in [5, 5.41) is 3.07. The molecule has 1 aliphatic rings. The van der Waals surface area contributed by atoms with Crippen LogP contribution in [0.5, 0.6) is 0 Å². The molecule has 1 aliphatic carbocycles. The molecule has 5 heteroatoms. The molecule has 1 aromatic carbocycles. The maximum atomic E-state index is 12.5. The van der Waals surface area contributed by atoms with Crippen molar-refractivity contribution in [3.8, 4) is 0 Å². The molecular weight excluding hydrogens is 288 g/mol. The van der Waals surface area contributed by atoms with Crippen LogP contribution in [0.2, 0.25) is 0 Å². The highest BCUT2D eigenvalue weighted by molar-refractivity contribution is 5.87. The van der Waals surface area contributed by atoms with E-state index in [0.29, 0.717) is 0 Å². The number of benzene rings is 1. The van der Waals surface area contributed by atoms with E-state index in [4.69, 9.17) is 10.5 Å². The molecule has 1 amide bonds. The molecule has 3 N–H and O–H groups in total. The number of carbonyl (C=O) groups is 1. The minimum Gasteiger partial charge on any atom is -0.381 e. The number of methoxy groups -OCH3 is 1. The van der Waals surface area contributed by atoms with Crippen LogP contribution < -0.4 is 11.1 Å². The molecule has 1 saturated carbocycles. The van der Waals surface area contributed by atoms with Crippen LogP contribution in [0.25, 0.3) is 0 Å². The molecule has 0 saturated heterocycles. The van der Waals surface area contributed by atoms with Crippen LogP contribution in [0.3, 0.4) is 0 Å². The molecular formula is C16H25ClN2O2. The van der Waals surface area contributed by atoms with Crippen molar-refractivity contribution in [2.45, 2.75) is 44.9 Å². The largest absolute Gasteiger partial charge is 0.381 e. The predicted molar refractivity (Wildman–Crippen MR) is 86.4 cm³/mol. The zero-order valence-electron chi connectivity index (χ0n) is 13.1. The number of carbonyl (C=O) groups excluding carboxylic acids is 1. The average Bonchev–Trinajstić information content (AvgIpc) is 2.43. The SMILES string of the molecule is COC1CC(NC(=O)C(C)(N)c2ccccc2)C1(C)C.Cl. The zero-order chi connectivity index (χ0) is 15.0. The Morgan fingerprint density at radius 2 is 1.95 bits per heavy atom. The predicted octanol–water partition coefficient (Wildman–Crippen LogP) is 2.21. The van der Waals surface area contributed by atoms with E-state index in [-0.39, 0.29) is 35.9 Å². The van der Waals surface area contributed by atoms with Crippen LogP contribution in [0.4, 0.5) is 0 Å². The second-order valence-electron chi connectivity index (χ2n) is 6.38. The van der Waals surface area contributed by atoms with Gasteiger partial charge in [-0.3, -0.25) is 4.79 Å². The number of rotatable bonds is 4. The molecule has 0 spiro atoms. The third kappa shape index (κ3) is 3.23. The Morgan fingerprint density at radius 1 is 1.38 bits per heavy atom. The van der Waals surface area contributed by atoms with E-state index in [1.807, 2.05) is 30.3 Å². The maximum absolute atomic E-state index is 12.5. The fourth-order valence-corrected chi connectivity index (χ4v) is 2.75. The van der Waals surface area contributed by atoms with Gasteiger partial charge in [0.05, 0.1) is 6.10 Å². The summed E-state index contributed by atoms with van der Waals surface area (Å²) in [4.78, 5) is 12.5. The van der Waals surface area contributed by atoms with Crippen LogP contribution >= 0.6 is 12.4 Å². The van der Waals surface area contributed by atoms with Crippen molar-refractivity contribution >= 4 is 18.3 Å². The number of halogens is 1. The summed E-state index contributed by atoms with van der Waals surface area (Å²) in [6.45, 7) is 5.95. The van der Waals surface area contributed by atoms with Crippen molar-refractivity contribution < 1.29 is 9.53 Å². The average molecular weight is 313 g/mol. The Hall–Kier alpha value is -1.10. The van der Waals surface area contributed by atoms with Gasteiger partial charge in [0.15, 0.2) is 0 Å². The van der Waals surface area contributed by atoms with Gasteiger partial charge < -0.3 is 15.8 Å². The Morgan fingerprint density at radius 3 is 2.43 bits per heavy atom. The van der Waals surface area contributed by atoms with Crippen molar-refractivity contribution in [1.82, 2.24) is 5.32 Å². The molecule has 0 heterocycles. The van der Waals surface area contributed by atoms with Gasteiger partial charge in [-0.25, -0.2) is 0 Å². The summed E-state index contributed by atoms with van der Waals surface area (Å²) < 4.78 is 5.40. The standard InChI is InChI=1S/C16H24N2O2.ClH/c1-15(2)12(10-13(15)20-4)18-14(19)16(3,17)11-8-6-5-7-9-11;/h5-9,12-13H,10,17H2,1-4H3,(H,18,19);1H. The van der Waals surface area contributed by atoms with Crippen molar-refractivity contribution in [3.05, 3.63) is 35.9 Å². The van der Waals surface area contributed by atoms with Gasteiger partial charge in [-0.2, -0.15) is 0 Å². The van der Waals surface area contributed by atoms with Crippen molar-refractivity contribution in [2.24, 2.45) is 11.1 Å². The Labute approximate surface area is 132 Å². The molecule has 4 nitrogen and oxygen atoms in total. The van der Waals surface area contributed by atoms with Crippen LogP contribution in [0, 0.1) is 5.41 Å². The lowest BCUT2D eigenvalue weighted by molar-refractivity contribution is -0.137. The first-order valence-corrected chi connectivity index (χ1v) is 6.98. The molecule has 1 aromatic rings. The summed E-state index contributed by atoms with van der Waals surface area (Å²) in [6.07, 6.45) is 1.02. The number of nitrogens with one attached hydrogen (secondary N) is 1. The van der Waals surface area contributed by atoms with Gasteiger partial charge in [0, 0.05) is 18.6 Å². The fraction of sp³-hybridized carbons (Fsp3) is 0.562. The third-order valence-corrected chi connectivity index (χ3v) is 4.61. The Kier molecular flexibility index (Phi) is 5.42. The van der Waals surface area contributed by atoms with Gasteiger partial charge in [0.1, 0.15) is 5.54 Å². The van der Waals surface area contributed by atoms with E-state index in [0.717, 1.165) is 12.0 Å². The highest BCUT2D eigenvalue weighted by Crippen LogP contribution is 2.42. The Balaban J connectivity index is 0.00000220. The minimum atomic E-state index is -1.02. The van der Waals surface area contributed by atoms with E-state index in [1.165, 1.54) is 0 Å². The molecule has 3 unspecified atom stereocenters. The van der Waals surface area contributed by atoms with Gasteiger partial charge >= 0.3 is 0 Å². The first-order valence-electron chi connectivity index (χ1n) is 6.98. The first kappa shape index (κ1) is 18.0. The molecule has 0 radical (unpaired) electrons. The number of amides is 1. The quantitative estimate of drug-likeness (QED) is 0.896. The van der Waals surface area contributed by atoms with Gasteiger partial charge in [0.2, 0.25) is 5.91 Å². The van der Waals surface area contributed by atoms with Crippen molar-refractivity contribution in [1.29, 1.82) is 0 Å². The monoisotopic (exact) mass is 312 g/mol. The molecule has 1 fully saturated rings. The lowest BCUT2D eigenvalue weighted by atomic mass is 9.64. The van der Waals surface area contributed by atoms with E-state index in [9.17, 15) is 4.79 Å². The van der Waals surface area contributed by atoms with E-state index >= 15 is 0 Å². The van der Waals surface area contributed by atoms with Crippen LogP contribution in [0.1, 0.15) is 32.8 Å². The molecule has 3 atom stereocenters. The molecule has 0 aromatic heterocycles. The van der Waals surface area contributed by atoms with Gasteiger partial charge in [-0.05, 0) is 18.9 Å². The summed E-state index contributed by atoms with van der Waals surface area (Å²) >= 11 is 0. The summed E-state index contributed by atoms with van der Waals surface area (Å²) in [5.74, 6) is -0.142. The van der Waals surface area contributed by atoms with Gasteiger partial charge in [0.25, 0.3) is 0 Å². The highest BCUT2D eigenvalue weighted by atomic mass is 35.5. The number of hydrogen-bond donors (Lipinski definition) is 2. The molecule has 0 bridgehead atoms. The normalized spacial score (nSPS) is 26.0. The van der Waals surface area contributed by atoms with E-state index < -0.39 is 5.54 Å². The van der Waals surface area contributed by atoms with Gasteiger partial charge in [-0.15, -0.1) is 12.4 Å². The minimum absolute atomic E-state index is 0. The Bertz CT molecular complexity index is 488. The van der Waals surface area contributed by atoms with Crippen molar-refractivity contribution in [2.75, 3.05) is 7.11 Å². The lowest BCUT2D eigenvalue weighted by Crippen LogP contribution is -2.64. The first-order chi connectivity index (χ1) is 9.30. The van der Waals surface area contributed by atoms with Gasteiger partial charge in [-0.1, -0.05) is 44.2 Å². The van der Waals surface area contributed by atoms with E-state index in [1.54, 1.807) is 14.0 Å². The smallest absolute Gasteiger partial charge is 0.244 e. The summed E-state index contributed by atoms with van der Waals surface area (Å²) in [6, 6.07) is 9.55. The van der Waals surface area contributed by atoms with Crippen LogP contribution in [-0.2, 0) is 15.1 Å². The molecule has 118 valence electrons. The lowest BCUT2D eigenvalue weighted by Gasteiger charge is -2.51. The second kappa shape index (κ2) is 6.34. The fourth-order valence-electron chi connectivity index (χ4n) is 2.75. The molecule has 21 heavy (non-hydrogen) atoms. The maximum Gasteiger partial charge on any atom is 0.244 e. The summed E-state index contributed by atoms with van der Waals surface area (Å²) in [7, 11) is 1.71. The van der Waals surface area contributed by atoms with Crippen molar-refractivity contribution in [3.63, 3.8) is 0 Å². The third-order valence-electron chi connectivity index (χ3n) is 4.61. The van der Waals surface area contributed by atoms with E-state index in [2.05, 4.69) is 19.2 Å². The summed E-state index contributed by atoms with van der Waals surface area (Å²) in [5.41, 5.74) is 5.96. The number of nitrogens with two attached hydrogens (primary N) is 1. The number of ether oxygens (including phenoxy) is 1. The van der Waals surface area contributed by atoms with Crippen LogP contribution in [-0.4, -0.2) is 25.2 Å².